The van der Waals surface area contributed by atoms with Crippen molar-refractivity contribution in [1.29, 1.82) is 0 Å². The van der Waals surface area contributed by atoms with Gasteiger partial charge >= 0.3 is 5.97 Å². The molecule has 0 aliphatic heterocycles. The van der Waals surface area contributed by atoms with Gasteiger partial charge < -0.3 is 9.94 Å². The van der Waals surface area contributed by atoms with Gasteiger partial charge in [0.25, 0.3) is 0 Å². The fourth-order valence-electron chi connectivity index (χ4n) is 1.26. The van der Waals surface area contributed by atoms with Gasteiger partial charge in [-0.25, -0.2) is 0 Å². The van der Waals surface area contributed by atoms with Gasteiger partial charge in [0.15, 0.2) is 0 Å². The minimum atomic E-state index is -0.845. The molecule has 4 heteroatoms. The molecule has 0 aliphatic carbocycles. The van der Waals surface area contributed by atoms with Crippen molar-refractivity contribution in [2.75, 3.05) is 0 Å². The van der Waals surface area contributed by atoms with Crippen molar-refractivity contribution >= 4 is 11.7 Å². The van der Waals surface area contributed by atoms with E-state index >= 15 is 0 Å². The van der Waals surface area contributed by atoms with Gasteiger partial charge in [-0.15, -0.1) is 0 Å². The average Bonchev–Trinajstić information content (AvgIpc) is 2.19. The van der Waals surface area contributed by atoms with Gasteiger partial charge in [-0.1, -0.05) is 29.4 Å². The van der Waals surface area contributed by atoms with E-state index in [9.17, 15) is 4.79 Å². The van der Waals surface area contributed by atoms with Gasteiger partial charge in [0.1, 0.15) is 6.61 Å². The normalized spacial score (nSPS) is 9.62. The molecule has 0 heterocycles. The topological polar surface area (TPSA) is 58.9 Å². The summed E-state index contributed by atoms with van der Waals surface area (Å²) in [6.07, 6.45) is 0.00829. The predicted octanol–water partition coefficient (Wildman–Crippen LogP) is 2.23. The Bertz CT molecular complexity index is 395. The maximum absolute atomic E-state index is 10.6. The molecule has 1 N–H and O–H groups in total. The van der Waals surface area contributed by atoms with Crippen LogP contribution >= 0.6 is 0 Å². The highest BCUT2D eigenvalue weighted by molar-refractivity contribution is 5.78. The summed E-state index contributed by atoms with van der Waals surface area (Å²) in [7, 11) is 0. The Balaban J connectivity index is 2.71. The number of carboxylic acid groups (broad SMARTS) is 1. The third-order valence-corrected chi connectivity index (χ3v) is 1.93. The highest BCUT2D eigenvalue weighted by atomic mass is 16.6. The van der Waals surface area contributed by atoms with Crippen molar-refractivity contribution in [2.24, 2.45) is 5.16 Å². The molecular formula is C12H15NO3. The van der Waals surface area contributed by atoms with Gasteiger partial charge in [-0.3, -0.25) is 4.79 Å². The largest absolute Gasteiger partial charge is 0.481 e. The zero-order chi connectivity index (χ0) is 12.0. The molecule has 0 atom stereocenters. The van der Waals surface area contributed by atoms with E-state index in [2.05, 4.69) is 5.16 Å². The maximum atomic E-state index is 10.6. The van der Waals surface area contributed by atoms with E-state index in [-0.39, 0.29) is 6.42 Å². The molecular weight excluding hydrogens is 206 g/mol. The standard InChI is InChI=1S/C12H15NO3/c1-9(2)13-16-8-11-6-4-3-5-10(11)7-12(14)15/h3-6H,7-8H2,1-2H3,(H,14,15). The van der Waals surface area contributed by atoms with E-state index in [1.165, 1.54) is 0 Å². The lowest BCUT2D eigenvalue weighted by atomic mass is 10.1. The number of oxime groups is 1. The van der Waals surface area contributed by atoms with Crippen LogP contribution < -0.4 is 0 Å². The van der Waals surface area contributed by atoms with E-state index in [4.69, 9.17) is 9.94 Å². The van der Waals surface area contributed by atoms with Gasteiger partial charge in [0.2, 0.25) is 0 Å². The first-order chi connectivity index (χ1) is 7.59. The Morgan fingerprint density at radius 3 is 2.50 bits per heavy atom. The molecule has 0 amide bonds. The van der Waals surface area contributed by atoms with Crippen LogP contribution in [0.4, 0.5) is 0 Å². The Kier molecular flexibility index (Phi) is 4.51. The molecule has 16 heavy (non-hydrogen) atoms. The molecule has 0 aromatic heterocycles. The first-order valence-electron chi connectivity index (χ1n) is 5.01. The van der Waals surface area contributed by atoms with Crippen molar-refractivity contribution in [3.63, 3.8) is 0 Å². The lowest BCUT2D eigenvalue weighted by molar-refractivity contribution is -0.136. The third-order valence-electron chi connectivity index (χ3n) is 1.93. The van der Waals surface area contributed by atoms with E-state index < -0.39 is 5.97 Å². The smallest absolute Gasteiger partial charge is 0.307 e. The van der Waals surface area contributed by atoms with Crippen LogP contribution in [0.15, 0.2) is 29.4 Å². The minimum absolute atomic E-state index is 0.00829. The zero-order valence-corrected chi connectivity index (χ0v) is 9.43. The van der Waals surface area contributed by atoms with Crippen LogP contribution in [-0.2, 0) is 22.7 Å². The number of hydrogen-bond donors (Lipinski definition) is 1. The number of rotatable bonds is 5. The van der Waals surface area contributed by atoms with Crippen molar-refractivity contribution < 1.29 is 14.7 Å². The zero-order valence-electron chi connectivity index (χ0n) is 9.43. The van der Waals surface area contributed by atoms with Crippen molar-refractivity contribution in [3.05, 3.63) is 35.4 Å². The van der Waals surface area contributed by atoms with Gasteiger partial charge in [0, 0.05) is 0 Å². The molecule has 0 bridgehead atoms. The number of benzene rings is 1. The maximum Gasteiger partial charge on any atom is 0.307 e. The average molecular weight is 221 g/mol. The van der Waals surface area contributed by atoms with E-state index in [0.717, 1.165) is 16.8 Å². The van der Waals surface area contributed by atoms with Crippen molar-refractivity contribution in [2.45, 2.75) is 26.9 Å². The quantitative estimate of drug-likeness (QED) is 0.612. The van der Waals surface area contributed by atoms with Gasteiger partial charge in [-0.05, 0) is 25.0 Å². The van der Waals surface area contributed by atoms with Crippen LogP contribution in [0, 0.1) is 0 Å². The van der Waals surface area contributed by atoms with E-state index in [0.29, 0.717) is 6.61 Å². The van der Waals surface area contributed by atoms with Gasteiger partial charge in [-0.2, -0.15) is 0 Å². The molecule has 1 aromatic rings. The SMILES string of the molecule is CC(C)=NOCc1ccccc1CC(=O)O. The van der Waals surface area contributed by atoms with Crippen molar-refractivity contribution in [3.8, 4) is 0 Å². The fourth-order valence-corrected chi connectivity index (χ4v) is 1.26. The van der Waals surface area contributed by atoms with E-state index in [1.807, 2.05) is 32.0 Å². The molecule has 1 aromatic carbocycles. The second kappa shape index (κ2) is 5.90. The van der Waals surface area contributed by atoms with E-state index in [1.54, 1.807) is 6.07 Å². The number of hydrogen-bond acceptors (Lipinski definition) is 3. The van der Waals surface area contributed by atoms with Crippen LogP contribution in [0.1, 0.15) is 25.0 Å². The summed E-state index contributed by atoms with van der Waals surface area (Å²) >= 11 is 0. The monoisotopic (exact) mass is 221 g/mol. The Hall–Kier alpha value is -1.84. The molecule has 1 rings (SSSR count). The molecule has 0 spiro atoms. The summed E-state index contributed by atoms with van der Waals surface area (Å²) in [6, 6.07) is 7.30. The third kappa shape index (κ3) is 4.13. The summed E-state index contributed by atoms with van der Waals surface area (Å²) in [5.74, 6) is -0.845. The molecule has 86 valence electrons. The Labute approximate surface area is 94.5 Å². The summed E-state index contributed by atoms with van der Waals surface area (Å²) in [5.41, 5.74) is 2.45. The van der Waals surface area contributed by atoms with Crippen LogP contribution in [-0.4, -0.2) is 16.8 Å². The molecule has 0 saturated heterocycles. The number of aliphatic carboxylic acids is 1. The molecule has 0 aliphatic rings. The highest BCUT2D eigenvalue weighted by Crippen LogP contribution is 2.11. The lowest BCUT2D eigenvalue weighted by Gasteiger charge is -2.06. The highest BCUT2D eigenvalue weighted by Gasteiger charge is 2.06. The van der Waals surface area contributed by atoms with Gasteiger partial charge in [0.05, 0.1) is 12.1 Å². The van der Waals surface area contributed by atoms with Crippen LogP contribution in [0.3, 0.4) is 0 Å². The number of nitrogens with zero attached hydrogens (tertiary/aromatic N) is 1. The predicted molar refractivity (Wildman–Crippen MR) is 61.4 cm³/mol. The fraction of sp³-hybridized carbons (Fsp3) is 0.333. The second-order valence-electron chi connectivity index (χ2n) is 3.65. The first kappa shape index (κ1) is 12.2. The molecule has 0 unspecified atom stereocenters. The number of carboxylic acids is 1. The summed E-state index contributed by atoms with van der Waals surface area (Å²) in [6.45, 7) is 3.97. The molecule has 4 nitrogen and oxygen atoms in total. The molecule has 0 fully saturated rings. The second-order valence-corrected chi connectivity index (χ2v) is 3.65. The van der Waals surface area contributed by atoms with Crippen LogP contribution in [0.2, 0.25) is 0 Å². The van der Waals surface area contributed by atoms with Crippen molar-refractivity contribution in [1.82, 2.24) is 0 Å². The minimum Gasteiger partial charge on any atom is -0.481 e. The summed E-state index contributed by atoms with van der Waals surface area (Å²) < 4.78 is 0. The first-order valence-corrected chi connectivity index (χ1v) is 5.01. The Morgan fingerprint density at radius 1 is 1.31 bits per heavy atom. The summed E-state index contributed by atoms with van der Waals surface area (Å²) in [4.78, 5) is 15.7. The molecule has 0 radical (unpaired) electrons. The Morgan fingerprint density at radius 2 is 1.94 bits per heavy atom. The summed E-state index contributed by atoms with van der Waals surface area (Å²) in [5, 5.41) is 12.5. The molecule has 0 saturated carbocycles. The lowest BCUT2D eigenvalue weighted by Crippen LogP contribution is -2.04. The van der Waals surface area contributed by atoms with Crippen LogP contribution in [0.25, 0.3) is 0 Å². The number of carbonyl (C=O) groups is 1. The van der Waals surface area contributed by atoms with Crippen LogP contribution in [0.5, 0.6) is 0 Å².